The highest BCUT2D eigenvalue weighted by Crippen LogP contribution is 2.27. The first kappa shape index (κ1) is 20.6. The molecule has 3 heterocycles. The van der Waals surface area contributed by atoms with Gasteiger partial charge in [-0.2, -0.15) is 5.10 Å². The van der Waals surface area contributed by atoms with Crippen molar-refractivity contribution in [2.45, 2.75) is 32.9 Å². The molecule has 2 aromatic heterocycles. The average Bonchev–Trinajstić information content (AvgIpc) is 3.33. The largest absolute Gasteiger partial charge is 0.464 e. The number of aldehydes is 1. The van der Waals surface area contributed by atoms with Crippen LogP contribution in [0.15, 0.2) is 30.6 Å². The topological polar surface area (TPSA) is 107 Å². The summed E-state index contributed by atoms with van der Waals surface area (Å²) in [7, 11) is 1.29. The van der Waals surface area contributed by atoms with Crippen LogP contribution >= 0.6 is 0 Å². The molecule has 9 nitrogen and oxygen atoms in total. The number of hydrogen-bond donors (Lipinski definition) is 0. The fourth-order valence-electron chi connectivity index (χ4n) is 3.99. The predicted octanol–water partition coefficient (Wildman–Crippen LogP) is 2.02. The van der Waals surface area contributed by atoms with Gasteiger partial charge in [-0.1, -0.05) is 13.0 Å². The molecule has 2 unspecified atom stereocenters. The van der Waals surface area contributed by atoms with Crippen LogP contribution in [0.3, 0.4) is 0 Å². The molecule has 9 heteroatoms. The first-order valence-electron chi connectivity index (χ1n) is 10.0. The van der Waals surface area contributed by atoms with E-state index < -0.39 is 12.0 Å². The van der Waals surface area contributed by atoms with Gasteiger partial charge in [-0.25, -0.2) is 14.8 Å². The lowest BCUT2D eigenvalue weighted by Crippen LogP contribution is -2.38. The van der Waals surface area contributed by atoms with Gasteiger partial charge in [0.2, 0.25) is 5.91 Å². The molecule has 0 aliphatic carbocycles. The third kappa shape index (κ3) is 3.90. The molecule has 2 atom stereocenters. The van der Waals surface area contributed by atoms with Gasteiger partial charge in [-0.15, -0.1) is 0 Å². The van der Waals surface area contributed by atoms with E-state index in [1.807, 2.05) is 19.1 Å². The van der Waals surface area contributed by atoms with Crippen molar-refractivity contribution in [2.75, 3.05) is 13.7 Å². The fraction of sp³-hybridized carbons (Fsp3) is 0.364. The minimum absolute atomic E-state index is 0.0719. The van der Waals surface area contributed by atoms with Gasteiger partial charge in [0.1, 0.15) is 18.7 Å². The third-order valence-corrected chi connectivity index (χ3v) is 5.56. The van der Waals surface area contributed by atoms with Crippen LogP contribution in [-0.4, -0.2) is 62.5 Å². The summed E-state index contributed by atoms with van der Waals surface area (Å²) in [6, 6.07) is 5.07. The number of fused-ring (bicyclic) bond motifs is 1. The molecule has 0 saturated carbocycles. The van der Waals surface area contributed by atoms with Crippen molar-refractivity contribution in [3.05, 3.63) is 42.1 Å². The summed E-state index contributed by atoms with van der Waals surface area (Å²) in [5.74, 6) is 0.127. The summed E-state index contributed by atoms with van der Waals surface area (Å²) in [4.78, 5) is 46.7. The summed E-state index contributed by atoms with van der Waals surface area (Å²) < 4.78 is 6.38. The van der Waals surface area contributed by atoms with Crippen molar-refractivity contribution in [1.82, 2.24) is 24.6 Å². The Morgan fingerprint density at radius 1 is 1.23 bits per heavy atom. The zero-order chi connectivity index (χ0) is 22.1. The number of rotatable bonds is 5. The van der Waals surface area contributed by atoms with Crippen molar-refractivity contribution >= 4 is 29.1 Å². The molecule has 0 spiro atoms. The van der Waals surface area contributed by atoms with Crippen LogP contribution in [0, 0.1) is 12.8 Å². The Morgan fingerprint density at radius 2 is 1.97 bits per heavy atom. The number of likely N-dealkylation sites (tertiary alicyclic amines) is 1. The number of aromatic nitrogens is 4. The van der Waals surface area contributed by atoms with Crippen molar-refractivity contribution in [2.24, 2.45) is 5.92 Å². The van der Waals surface area contributed by atoms with Crippen molar-refractivity contribution < 1.29 is 19.1 Å². The summed E-state index contributed by atoms with van der Waals surface area (Å²) in [6.45, 7) is 4.28. The molecule has 1 fully saturated rings. The number of carbonyl (C=O) groups is 3. The van der Waals surface area contributed by atoms with E-state index in [-0.39, 0.29) is 24.1 Å². The fourth-order valence-corrected chi connectivity index (χ4v) is 3.99. The van der Waals surface area contributed by atoms with E-state index >= 15 is 0 Å². The highest BCUT2D eigenvalue weighted by atomic mass is 16.5. The summed E-state index contributed by atoms with van der Waals surface area (Å²) in [6.07, 6.45) is 4.90. The standard InChI is InChI=1S/C22H23N5O4/c1-13-6-17(12-28)26(10-13)20(29)11-27-19-5-4-15(16-8-23-14(2)24-9-16)7-18(19)21(25-27)22(30)31-3/h4-5,7-9,12-13,17H,6,10-11H2,1-3H3. The average molecular weight is 421 g/mol. The SMILES string of the molecule is COC(=O)c1nn(CC(=O)N2CC(C)CC2C=O)c2ccc(-c3cnc(C)nc3)cc12. The van der Waals surface area contributed by atoms with E-state index in [4.69, 9.17) is 4.74 Å². The first-order chi connectivity index (χ1) is 14.9. The zero-order valence-electron chi connectivity index (χ0n) is 17.6. The van der Waals surface area contributed by atoms with Crippen LogP contribution < -0.4 is 0 Å². The lowest BCUT2D eigenvalue weighted by atomic mass is 10.1. The van der Waals surface area contributed by atoms with Crippen LogP contribution in [-0.2, 0) is 20.9 Å². The van der Waals surface area contributed by atoms with E-state index in [1.54, 1.807) is 30.3 Å². The van der Waals surface area contributed by atoms with Crippen molar-refractivity contribution in [3.8, 4) is 11.1 Å². The van der Waals surface area contributed by atoms with Gasteiger partial charge in [-0.05, 0) is 37.0 Å². The Balaban J connectivity index is 1.72. The Hall–Kier alpha value is -3.62. The lowest BCUT2D eigenvalue weighted by molar-refractivity contribution is -0.135. The Morgan fingerprint density at radius 3 is 2.65 bits per heavy atom. The molecule has 160 valence electrons. The lowest BCUT2D eigenvalue weighted by Gasteiger charge is -2.20. The molecular formula is C22H23N5O4. The third-order valence-electron chi connectivity index (χ3n) is 5.56. The van der Waals surface area contributed by atoms with Crippen molar-refractivity contribution in [3.63, 3.8) is 0 Å². The molecule has 31 heavy (non-hydrogen) atoms. The van der Waals surface area contributed by atoms with Crippen LogP contribution in [0.25, 0.3) is 22.0 Å². The Bertz CT molecular complexity index is 1150. The van der Waals surface area contributed by atoms with Gasteiger partial charge in [0.15, 0.2) is 5.69 Å². The Kier molecular flexibility index (Phi) is 5.50. The van der Waals surface area contributed by atoms with Gasteiger partial charge >= 0.3 is 5.97 Å². The second-order valence-corrected chi connectivity index (χ2v) is 7.84. The normalized spacial score (nSPS) is 18.4. The number of esters is 1. The van der Waals surface area contributed by atoms with E-state index in [2.05, 4.69) is 15.1 Å². The van der Waals surface area contributed by atoms with E-state index in [9.17, 15) is 14.4 Å². The molecule has 1 aliphatic rings. The summed E-state index contributed by atoms with van der Waals surface area (Å²) in [5.41, 5.74) is 2.37. The summed E-state index contributed by atoms with van der Waals surface area (Å²) >= 11 is 0. The molecule has 1 aliphatic heterocycles. The first-order valence-corrected chi connectivity index (χ1v) is 10.0. The smallest absolute Gasteiger partial charge is 0.359 e. The van der Waals surface area contributed by atoms with Crippen LogP contribution in [0.1, 0.15) is 29.7 Å². The number of hydrogen-bond acceptors (Lipinski definition) is 7. The molecule has 0 bridgehead atoms. The number of methoxy groups -OCH3 is 1. The number of aryl methyl sites for hydroxylation is 1. The van der Waals surface area contributed by atoms with Crippen molar-refractivity contribution in [1.29, 1.82) is 0 Å². The number of amides is 1. The van der Waals surface area contributed by atoms with Gasteiger partial charge in [0.05, 0.1) is 18.7 Å². The second kappa shape index (κ2) is 8.25. The van der Waals surface area contributed by atoms with E-state index in [0.717, 1.165) is 17.4 Å². The van der Waals surface area contributed by atoms with Crippen LogP contribution in [0.4, 0.5) is 0 Å². The maximum atomic E-state index is 12.9. The monoisotopic (exact) mass is 421 g/mol. The molecule has 1 amide bonds. The van der Waals surface area contributed by atoms with Gasteiger partial charge in [0, 0.05) is 29.9 Å². The molecule has 0 N–H and O–H groups in total. The second-order valence-electron chi connectivity index (χ2n) is 7.84. The molecule has 1 saturated heterocycles. The maximum absolute atomic E-state index is 12.9. The quantitative estimate of drug-likeness (QED) is 0.458. The molecule has 3 aromatic rings. The maximum Gasteiger partial charge on any atom is 0.359 e. The number of benzene rings is 1. The number of ether oxygens (including phenoxy) is 1. The van der Waals surface area contributed by atoms with E-state index in [0.29, 0.717) is 29.7 Å². The number of carbonyl (C=O) groups excluding carboxylic acids is 3. The van der Waals surface area contributed by atoms with Crippen LogP contribution in [0.5, 0.6) is 0 Å². The molecule has 4 rings (SSSR count). The Labute approximate surface area is 179 Å². The van der Waals surface area contributed by atoms with Crippen LogP contribution in [0.2, 0.25) is 0 Å². The predicted molar refractivity (Wildman–Crippen MR) is 112 cm³/mol. The van der Waals surface area contributed by atoms with Gasteiger partial charge in [0.25, 0.3) is 0 Å². The highest BCUT2D eigenvalue weighted by Gasteiger charge is 2.33. The highest BCUT2D eigenvalue weighted by molar-refractivity contribution is 6.03. The number of nitrogens with zero attached hydrogens (tertiary/aromatic N) is 5. The molecule has 0 radical (unpaired) electrons. The molecular weight excluding hydrogens is 398 g/mol. The van der Waals surface area contributed by atoms with Gasteiger partial charge in [-0.3, -0.25) is 9.48 Å². The summed E-state index contributed by atoms with van der Waals surface area (Å²) in [5, 5.41) is 4.93. The van der Waals surface area contributed by atoms with Gasteiger partial charge < -0.3 is 14.4 Å². The van der Waals surface area contributed by atoms with E-state index in [1.165, 1.54) is 11.8 Å². The minimum atomic E-state index is -0.589. The zero-order valence-corrected chi connectivity index (χ0v) is 17.6. The molecule has 1 aromatic carbocycles. The minimum Gasteiger partial charge on any atom is -0.464 e.